The van der Waals surface area contributed by atoms with Gasteiger partial charge in [0.15, 0.2) is 0 Å². The van der Waals surface area contributed by atoms with Crippen LogP contribution in [0.4, 0.5) is 0 Å². The largest absolute Gasteiger partial charge is 1.00 e. The molecule has 0 spiro atoms. The molecule has 2 atom stereocenters. The number of quaternary nitrogens is 1. The molecule has 1 saturated heterocycles. The number of Topliss-reactive ketones (excluding diaryl/α,β-unsaturated/α-hetero) is 1. The van der Waals surface area contributed by atoms with Crippen molar-refractivity contribution >= 4 is 5.78 Å². The van der Waals surface area contributed by atoms with Crippen LogP contribution in [0.5, 0.6) is 0 Å². The van der Waals surface area contributed by atoms with Crippen molar-refractivity contribution in [1.82, 2.24) is 0 Å². The van der Waals surface area contributed by atoms with Crippen molar-refractivity contribution in [3.8, 4) is 0 Å². The molecule has 0 aromatic rings. The second kappa shape index (κ2) is 7.24. The van der Waals surface area contributed by atoms with E-state index in [0.717, 1.165) is 12.8 Å². The van der Waals surface area contributed by atoms with Crippen molar-refractivity contribution in [2.75, 3.05) is 0 Å². The zero-order chi connectivity index (χ0) is 9.68. The lowest BCUT2D eigenvalue weighted by Gasteiger charge is -2.26. The van der Waals surface area contributed by atoms with Gasteiger partial charge in [-0.3, -0.25) is 4.79 Å². The summed E-state index contributed by atoms with van der Waals surface area (Å²) in [5, 5.41) is 2.44. The van der Waals surface area contributed by atoms with Gasteiger partial charge in [0.2, 0.25) is 0 Å². The van der Waals surface area contributed by atoms with Gasteiger partial charge in [-0.05, 0) is 12.8 Å². The molecule has 1 heterocycles. The summed E-state index contributed by atoms with van der Waals surface area (Å²) in [6.07, 6.45) is 6.43. The Kier molecular flexibility index (Phi) is 7.20. The molecule has 1 rings (SSSR count). The lowest BCUT2D eigenvalue weighted by molar-refractivity contribution is -0.725. The molecule has 14 heavy (non-hydrogen) atoms. The standard InChI is InChI=1S/C11H21NO.ClH/c1-3-5-9-7-11(13)8-10(12-9)6-4-2;/h9-10,12H,3-8H2,1-2H3;1H. The van der Waals surface area contributed by atoms with Crippen LogP contribution in [0.1, 0.15) is 52.4 Å². The maximum Gasteiger partial charge on any atom is 0.144 e. The fraction of sp³-hybridized carbons (Fsp3) is 0.909. The van der Waals surface area contributed by atoms with E-state index in [1.165, 1.54) is 25.7 Å². The van der Waals surface area contributed by atoms with Crippen LogP contribution >= 0.6 is 0 Å². The Morgan fingerprint density at radius 1 is 1.14 bits per heavy atom. The van der Waals surface area contributed by atoms with Gasteiger partial charge in [0.1, 0.15) is 5.78 Å². The molecule has 1 aliphatic heterocycles. The van der Waals surface area contributed by atoms with Gasteiger partial charge in [0.25, 0.3) is 0 Å². The van der Waals surface area contributed by atoms with Gasteiger partial charge in [-0.25, -0.2) is 0 Å². The van der Waals surface area contributed by atoms with Crippen LogP contribution in [0.3, 0.4) is 0 Å². The number of ketones is 1. The van der Waals surface area contributed by atoms with Gasteiger partial charge in [0.05, 0.1) is 24.9 Å². The number of halogens is 1. The monoisotopic (exact) mass is 219 g/mol. The molecule has 84 valence electrons. The molecule has 0 amide bonds. The minimum Gasteiger partial charge on any atom is -1.00 e. The van der Waals surface area contributed by atoms with E-state index in [-0.39, 0.29) is 12.4 Å². The maximum absolute atomic E-state index is 11.4. The lowest BCUT2D eigenvalue weighted by Crippen LogP contribution is -3.00. The third-order valence-corrected chi connectivity index (χ3v) is 2.84. The predicted molar refractivity (Wildman–Crippen MR) is 53.6 cm³/mol. The highest BCUT2D eigenvalue weighted by molar-refractivity contribution is 5.79. The number of piperidine rings is 1. The normalized spacial score (nSPS) is 27.1. The molecule has 0 bridgehead atoms. The van der Waals surface area contributed by atoms with E-state index in [9.17, 15) is 4.79 Å². The molecule has 2 N–H and O–H groups in total. The molecular weight excluding hydrogens is 198 g/mol. The van der Waals surface area contributed by atoms with Crippen LogP contribution in [-0.2, 0) is 4.79 Å². The number of rotatable bonds is 4. The fourth-order valence-electron chi connectivity index (χ4n) is 2.33. The van der Waals surface area contributed by atoms with Crippen molar-refractivity contribution < 1.29 is 22.5 Å². The molecule has 1 aliphatic rings. The van der Waals surface area contributed by atoms with Gasteiger partial charge < -0.3 is 17.7 Å². The van der Waals surface area contributed by atoms with Gasteiger partial charge in [-0.2, -0.15) is 0 Å². The van der Waals surface area contributed by atoms with Crippen molar-refractivity contribution in [3.63, 3.8) is 0 Å². The van der Waals surface area contributed by atoms with Gasteiger partial charge in [-0.15, -0.1) is 0 Å². The van der Waals surface area contributed by atoms with Crippen molar-refractivity contribution in [2.24, 2.45) is 0 Å². The van der Waals surface area contributed by atoms with Crippen molar-refractivity contribution in [2.45, 2.75) is 64.5 Å². The molecule has 0 aliphatic carbocycles. The molecule has 0 radical (unpaired) electrons. The Bertz CT molecular complexity index is 157. The highest BCUT2D eigenvalue weighted by atomic mass is 35.5. The van der Waals surface area contributed by atoms with Gasteiger partial charge in [-0.1, -0.05) is 26.7 Å². The first-order valence-corrected chi connectivity index (χ1v) is 5.63. The van der Waals surface area contributed by atoms with E-state index in [1.807, 2.05) is 0 Å². The van der Waals surface area contributed by atoms with E-state index in [1.54, 1.807) is 0 Å². The van der Waals surface area contributed by atoms with Crippen LogP contribution in [-0.4, -0.2) is 17.9 Å². The van der Waals surface area contributed by atoms with Crippen LogP contribution in [0, 0.1) is 0 Å². The fourth-order valence-corrected chi connectivity index (χ4v) is 2.33. The second-order valence-corrected chi connectivity index (χ2v) is 4.24. The Morgan fingerprint density at radius 3 is 1.93 bits per heavy atom. The van der Waals surface area contributed by atoms with E-state index >= 15 is 0 Å². The predicted octanol–water partition coefficient (Wildman–Crippen LogP) is -1.75. The lowest BCUT2D eigenvalue weighted by atomic mass is 9.92. The number of nitrogens with two attached hydrogens (primary N) is 1. The topological polar surface area (TPSA) is 33.7 Å². The second-order valence-electron chi connectivity index (χ2n) is 4.24. The number of hydrogen-bond acceptors (Lipinski definition) is 1. The summed E-state index contributed by atoms with van der Waals surface area (Å²) in [6.45, 7) is 4.39. The minimum atomic E-state index is 0. The first-order valence-electron chi connectivity index (χ1n) is 5.63. The molecule has 2 nitrogen and oxygen atoms in total. The number of hydrogen-bond donors (Lipinski definition) is 1. The van der Waals surface area contributed by atoms with Crippen molar-refractivity contribution in [3.05, 3.63) is 0 Å². The summed E-state index contributed by atoms with van der Waals surface area (Å²) >= 11 is 0. The maximum atomic E-state index is 11.4. The summed E-state index contributed by atoms with van der Waals surface area (Å²) in [7, 11) is 0. The number of carbonyl (C=O) groups is 1. The zero-order valence-electron chi connectivity index (χ0n) is 9.26. The Hall–Kier alpha value is -0.0800. The quantitative estimate of drug-likeness (QED) is 0.598. The van der Waals surface area contributed by atoms with E-state index < -0.39 is 0 Å². The molecule has 0 aromatic carbocycles. The van der Waals surface area contributed by atoms with Crippen LogP contribution in [0.25, 0.3) is 0 Å². The molecular formula is C11H22ClNO. The smallest absolute Gasteiger partial charge is 0.144 e. The summed E-state index contributed by atoms with van der Waals surface area (Å²) in [5.41, 5.74) is 0. The third-order valence-electron chi connectivity index (χ3n) is 2.84. The average Bonchev–Trinajstić information content (AvgIpc) is 2.04. The Balaban J connectivity index is 0.00000169. The molecule has 3 heteroatoms. The average molecular weight is 220 g/mol. The van der Waals surface area contributed by atoms with Gasteiger partial charge >= 0.3 is 0 Å². The zero-order valence-corrected chi connectivity index (χ0v) is 10.0. The van der Waals surface area contributed by atoms with Crippen molar-refractivity contribution in [1.29, 1.82) is 0 Å². The highest BCUT2D eigenvalue weighted by Crippen LogP contribution is 2.09. The van der Waals surface area contributed by atoms with Crippen LogP contribution in [0.15, 0.2) is 0 Å². The third kappa shape index (κ3) is 4.43. The van der Waals surface area contributed by atoms with Gasteiger partial charge in [0, 0.05) is 0 Å². The van der Waals surface area contributed by atoms with E-state index in [4.69, 9.17) is 0 Å². The molecule has 2 unspecified atom stereocenters. The summed E-state index contributed by atoms with van der Waals surface area (Å²) in [4.78, 5) is 11.4. The van der Waals surface area contributed by atoms with Crippen LogP contribution in [0.2, 0.25) is 0 Å². The first-order chi connectivity index (χ1) is 6.26. The molecule has 0 aromatic heterocycles. The minimum absolute atomic E-state index is 0. The van der Waals surface area contributed by atoms with E-state index in [0.29, 0.717) is 17.9 Å². The summed E-state index contributed by atoms with van der Waals surface area (Å²) in [5.74, 6) is 0.486. The SMILES string of the molecule is CCCC1CC(=O)CC(CCC)[NH2+]1.[Cl-]. The first kappa shape index (κ1) is 13.9. The Labute approximate surface area is 93.2 Å². The molecule has 1 fully saturated rings. The van der Waals surface area contributed by atoms with E-state index in [2.05, 4.69) is 19.2 Å². The van der Waals surface area contributed by atoms with Crippen LogP contribution < -0.4 is 17.7 Å². The Morgan fingerprint density at radius 2 is 1.57 bits per heavy atom. The number of carbonyl (C=O) groups excluding carboxylic acids is 1. The highest BCUT2D eigenvalue weighted by Gasteiger charge is 2.28. The summed E-state index contributed by atoms with van der Waals surface area (Å²) < 4.78 is 0. The summed E-state index contributed by atoms with van der Waals surface area (Å²) in [6, 6.07) is 1.17. The molecule has 0 saturated carbocycles.